The minimum absolute atomic E-state index is 0.286. The van der Waals surface area contributed by atoms with Gasteiger partial charge in [-0.2, -0.15) is 4.98 Å². The minimum atomic E-state index is -0.348. The number of hydrogen-bond donors (Lipinski definition) is 0. The highest BCUT2D eigenvalue weighted by atomic mass is 32.2. The second kappa shape index (κ2) is 7.04. The summed E-state index contributed by atoms with van der Waals surface area (Å²) in [5.74, 6) is 1.62. The van der Waals surface area contributed by atoms with E-state index in [9.17, 15) is 4.39 Å². The zero-order valence-corrected chi connectivity index (χ0v) is 14.5. The molecule has 4 rings (SSSR count). The van der Waals surface area contributed by atoms with Crippen molar-refractivity contribution in [1.82, 2.24) is 29.9 Å². The Balaban J connectivity index is 1.48. The third kappa shape index (κ3) is 3.33. The molecule has 130 valence electrons. The fourth-order valence-electron chi connectivity index (χ4n) is 2.37. The molecule has 3 aromatic heterocycles. The Morgan fingerprint density at radius 2 is 2.04 bits per heavy atom. The van der Waals surface area contributed by atoms with Crippen molar-refractivity contribution in [3.8, 4) is 22.8 Å². The normalized spacial score (nSPS) is 11.0. The third-order valence-corrected chi connectivity index (χ3v) is 4.64. The van der Waals surface area contributed by atoms with E-state index in [0.717, 1.165) is 16.5 Å². The lowest BCUT2D eigenvalue weighted by Crippen LogP contribution is -1.95. The molecule has 7 nitrogen and oxygen atoms in total. The molecule has 0 bridgehead atoms. The summed E-state index contributed by atoms with van der Waals surface area (Å²) in [6.45, 7) is 0. The van der Waals surface area contributed by atoms with Crippen LogP contribution in [0.4, 0.5) is 4.39 Å². The maximum absolute atomic E-state index is 13.3. The van der Waals surface area contributed by atoms with E-state index in [1.165, 1.54) is 23.9 Å². The fourth-order valence-corrected chi connectivity index (χ4v) is 3.12. The topological polar surface area (TPSA) is 82.5 Å². The summed E-state index contributed by atoms with van der Waals surface area (Å²) in [5.41, 5.74) is 1.44. The van der Waals surface area contributed by atoms with Gasteiger partial charge in [-0.05, 0) is 30.3 Å². The van der Waals surface area contributed by atoms with Crippen molar-refractivity contribution in [2.24, 2.45) is 7.05 Å². The lowest BCUT2D eigenvalue weighted by Gasteiger charge is -2.02. The SMILES string of the molecule is Cn1c(SCc2noc(-c3cccc(F)c3)n2)nnc1-c1cccnc1. The van der Waals surface area contributed by atoms with E-state index in [1.54, 1.807) is 24.5 Å². The van der Waals surface area contributed by atoms with Gasteiger partial charge in [0.1, 0.15) is 5.82 Å². The average Bonchev–Trinajstić information content (AvgIpc) is 3.28. The quantitative estimate of drug-likeness (QED) is 0.500. The van der Waals surface area contributed by atoms with Crippen molar-refractivity contribution >= 4 is 11.8 Å². The van der Waals surface area contributed by atoms with Gasteiger partial charge in [-0.1, -0.05) is 23.0 Å². The molecule has 0 saturated carbocycles. The molecule has 3 heterocycles. The highest BCUT2D eigenvalue weighted by molar-refractivity contribution is 7.98. The average molecular weight is 368 g/mol. The van der Waals surface area contributed by atoms with Crippen molar-refractivity contribution in [1.29, 1.82) is 0 Å². The molecule has 0 aliphatic carbocycles. The van der Waals surface area contributed by atoms with Crippen LogP contribution in [-0.2, 0) is 12.8 Å². The van der Waals surface area contributed by atoms with Crippen LogP contribution in [-0.4, -0.2) is 29.9 Å². The lowest BCUT2D eigenvalue weighted by atomic mass is 10.2. The minimum Gasteiger partial charge on any atom is -0.334 e. The van der Waals surface area contributed by atoms with Crippen molar-refractivity contribution in [2.45, 2.75) is 10.9 Å². The number of pyridine rings is 1. The van der Waals surface area contributed by atoms with Gasteiger partial charge in [-0.3, -0.25) is 4.98 Å². The van der Waals surface area contributed by atoms with E-state index in [2.05, 4.69) is 25.3 Å². The van der Waals surface area contributed by atoms with Gasteiger partial charge in [-0.15, -0.1) is 10.2 Å². The molecule has 0 saturated heterocycles. The van der Waals surface area contributed by atoms with Gasteiger partial charge in [0.25, 0.3) is 5.89 Å². The largest absolute Gasteiger partial charge is 0.334 e. The third-order valence-electron chi connectivity index (χ3n) is 3.62. The van der Waals surface area contributed by atoms with Crippen LogP contribution in [0.1, 0.15) is 5.82 Å². The summed E-state index contributed by atoms with van der Waals surface area (Å²) < 4.78 is 20.4. The number of thioether (sulfide) groups is 1. The maximum Gasteiger partial charge on any atom is 0.258 e. The molecule has 0 amide bonds. The molecule has 0 aliphatic heterocycles. The van der Waals surface area contributed by atoms with Crippen molar-refractivity contribution in [2.75, 3.05) is 0 Å². The Labute approximate surface area is 152 Å². The van der Waals surface area contributed by atoms with Crippen molar-refractivity contribution < 1.29 is 8.91 Å². The number of aromatic nitrogens is 6. The molecule has 0 N–H and O–H groups in total. The number of nitrogens with zero attached hydrogens (tertiary/aromatic N) is 6. The monoisotopic (exact) mass is 368 g/mol. The van der Waals surface area contributed by atoms with E-state index in [1.807, 2.05) is 23.7 Å². The van der Waals surface area contributed by atoms with Gasteiger partial charge in [-0.25, -0.2) is 4.39 Å². The molecule has 26 heavy (non-hydrogen) atoms. The molecule has 1 aromatic carbocycles. The van der Waals surface area contributed by atoms with Gasteiger partial charge >= 0.3 is 0 Å². The van der Waals surface area contributed by atoms with Crippen LogP contribution in [0.5, 0.6) is 0 Å². The van der Waals surface area contributed by atoms with Crippen LogP contribution >= 0.6 is 11.8 Å². The summed E-state index contributed by atoms with van der Waals surface area (Å²) in [6, 6.07) is 9.82. The molecule has 0 radical (unpaired) electrons. The fraction of sp³-hybridized carbons (Fsp3) is 0.118. The van der Waals surface area contributed by atoms with E-state index in [4.69, 9.17) is 4.52 Å². The number of rotatable bonds is 5. The Hall–Kier alpha value is -3.07. The number of hydrogen-bond acceptors (Lipinski definition) is 7. The first-order valence-corrected chi connectivity index (χ1v) is 8.70. The van der Waals surface area contributed by atoms with Gasteiger partial charge in [0, 0.05) is 30.6 Å². The number of halogens is 1. The second-order valence-electron chi connectivity index (χ2n) is 5.42. The summed E-state index contributed by atoms with van der Waals surface area (Å²) in [6.07, 6.45) is 3.45. The highest BCUT2D eigenvalue weighted by Gasteiger charge is 2.14. The van der Waals surface area contributed by atoms with Crippen LogP contribution in [0, 0.1) is 5.82 Å². The molecule has 0 atom stereocenters. The molecule has 0 unspecified atom stereocenters. The predicted molar refractivity (Wildman–Crippen MR) is 93.5 cm³/mol. The molecule has 0 aliphatic rings. The van der Waals surface area contributed by atoms with Gasteiger partial charge in [0.2, 0.25) is 0 Å². The van der Waals surface area contributed by atoms with E-state index in [0.29, 0.717) is 17.1 Å². The van der Waals surface area contributed by atoms with Crippen LogP contribution in [0.15, 0.2) is 58.5 Å². The highest BCUT2D eigenvalue weighted by Crippen LogP contribution is 2.25. The van der Waals surface area contributed by atoms with Gasteiger partial charge < -0.3 is 9.09 Å². The van der Waals surface area contributed by atoms with Crippen LogP contribution in [0.25, 0.3) is 22.8 Å². The Morgan fingerprint density at radius 3 is 2.85 bits per heavy atom. The summed E-state index contributed by atoms with van der Waals surface area (Å²) in [5, 5.41) is 13.1. The molecule has 9 heteroatoms. The summed E-state index contributed by atoms with van der Waals surface area (Å²) in [7, 11) is 1.89. The summed E-state index contributed by atoms with van der Waals surface area (Å²) >= 11 is 1.44. The van der Waals surface area contributed by atoms with Crippen LogP contribution in [0.2, 0.25) is 0 Å². The van der Waals surface area contributed by atoms with Crippen LogP contribution < -0.4 is 0 Å². The zero-order chi connectivity index (χ0) is 17.9. The van der Waals surface area contributed by atoms with Crippen LogP contribution in [0.3, 0.4) is 0 Å². The van der Waals surface area contributed by atoms with Crippen molar-refractivity contribution in [3.05, 3.63) is 60.4 Å². The molecular formula is C17H13FN6OS. The first kappa shape index (κ1) is 16.4. The number of benzene rings is 1. The van der Waals surface area contributed by atoms with E-state index < -0.39 is 0 Å². The maximum atomic E-state index is 13.3. The molecule has 4 aromatic rings. The Bertz CT molecular complexity index is 1030. The summed E-state index contributed by atoms with van der Waals surface area (Å²) in [4.78, 5) is 8.39. The molecular weight excluding hydrogens is 355 g/mol. The predicted octanol–water partition coefficient (Wildman–Crippen LogP) is 3.36. The van der Waals surface area contributed by atoms with Gasteiger partial charge in [0.15, 0.2) is 16.8 Å². The Kier molecular flexibility index (Phi) is 4.44. The molecule has 0 spiro atoms. The molecule has 0 fully saturated rings. The first-order chi connectivity index (χ1) is 12.7. The Morgan fingerprint density at radius 1 is 1.15 bits per heavy atom. The first-order valence-electron chi connectivity index (χ1n) is 7.72. The zero-order valence-electron chi connectivity index (χ0n) is 13.7. The van der Waals surface area contributed by atoms with E-state index >= 15 is 0 Å². The van der Waals surface area contributed by atoms with Gasteiger partial charge in [0.05, 0.1) is 5.75 Å². The second-order valence-corrected chi connectivity index (χ2v) is 6.36. The smallest absolute Gasteiger partial charge is 0.258 e. The standard InChI is InChI=1S/C17H13FN6OS/c1-24-15(12-5-3-7-19-9-12)21-22-17(24)26-10-14-20-16(25-23-14)11-4-2-6-13(18)8-11/h2-9H,10H2,1H3. The van der Waals surface area contributed by atoms with E-state index in [-0.39, 0.29) is 11.7 Å². The lowest BCUT2D eigenvalue weighted by molar-refractivity contribution is 0.425. The van der Waals surface area contributed by atoms with Crippen molar-refractivity contribution in [3.63, 3.8) is 0 Å².